The second kappa shape index (κ2) is 5.61. The van der Waals surface area contributed by atoms with Crippen LogP contribution in [-0.2, 0) is 9.53 Å². The van der Waals surface area contributed by atoms with Gasteiger partial charge in [-0.3, -0.25) is 9.78 Å². The van der Waals surface area contributed by atoms with E-state index >= 15 is 0 Å². The highest BCUT2D eigenvalue weighted by Crippen LogP contribution is 2.25. The maximum absolute atomic E-state index is 11.3. The van der Waals surface area contributed by atoms with E-state index in [2.05, 4.69) is 15.0 Å². The number of carboxylic acids is 1. The van der Waals surface area contributed by atoms with Crippen LogP contribution in [0.25, 0.3) is 11.2 Å². The molecular formula is C14H16N4O3. The summed E-state index contributed by atoms with van der Waals surface area (Å²) in [5, 5.41) is 9.30. The van der Waals surface area contributed by atoms with Crippen LogP contribution in [0.4, 0.5) is 5.82 Å². The summed E-state index contributed by atoms with van der Waals surface area (Å²) in [7, 11) is 0. The molecule has 3 heterocycles. The maximum Gasteiger partial charge on any atom is 0.311 e. The Bertz CT molecular complexity index is 663. The minimum absolute atomic E-state index is 0.214. The topological polar surface area (TPSA) is 88.4 Å². The van der Waals surface area contributed by atoms with Gasteiger partial charge < -0.3 is 14.7 Å². The molecule has 1 N–H and O–H groups in total. The monoisotopic (exact) mass is 288 g/mol. The fourth-order valence-electron chi connectivity index (χ4n) is 2.66. The third-order valence-corrected chi connectivity index (χ3v) is 3.72. The molecule has 1 saturated heterocycles. The number of hydrogen-bond donors (Lipinski definition) is 1. The third kappa shape index (κ3) is 2.52. The molecule has 110 valence electrons. The van der Waals surface area contributed by atoms with Crippen molar-refractivity contribution in [2.24, 2.45) is 5.92 Å². The molecule has 0 saturated carbocycles. The number of carbonyl (C=O) groups is 1. The Morgan fingerprint density at radius 2 is 2.19 bits per heavy atom. The predicted molar refractivity (Wildman–Crippen MR) is 76.1 cm³/mol. The fourth-order valence-corrected chi connectivity index (χ4v) is 2.66. The van der Waals surface area contributed by atoms with Gasteiger partial charge in [0, 0.05) is 18.9 Å². The number of hydrogen-bond acceptors (Lipinski definition) is 6. The lowest BCUT2D eigenvalue weighted by Gasteiger charge is -2.30. The lowest BCUT2D eigenvalue weighted by molar-refractivity contribution is -0.141. The molecular weight excluding hydrogens is 272 g/mol. The van der Waals surface area contributed by atoms with Crippen molar-refractivity contribution in [1.82, 2.24) is 15.0 Å². The summed E-state index contributed by atoms with van der Waals surface area (Å²) in [6.45, 7) is 3.26. The van der Waals surface area contributed by atoms with Gasteiger partial charge in [0.15, 0.2) is 5.65 Å². The fraction of sp³-hybridized carbons (Fsp3) is 0.429. The summed E-state index contributed by atoms with van der Waals surface area (Å²) < 4.78 is 5.34. The van der Waals surface area contributed by atoms with Crippen LogP contribution in [0, 0.1) is 5.92 Å². The normalized spacial score (nSPS) is 21.6. The molecule has 21 heavy (non-hydrogen) atoms. The van der Waals surface area contributed by atoms with E-state index in [-0.39, 0.29) is 12.6 Å². The van der Waals surface area contributed by atoms with Gasteiger partial charge >= 0.3 is 5.97 Å². The average Bonchev–Trinajstić information content (AvgIpc) is 2.97. The molecule has 2 aromatic rings. The Hall–Kier alpha value is -2.28. The Morgan fingerprint density at radius 1 is 1.38 bits per heavy atom. The van der Waals surface area contributed by atoms with Crippen LogP contribution in [0.5, 0.6) is 0 Å². The average molecular weight is 288 g/mol. The molecule has 0 radical (unpaired) electrons. The zero-order valence-electron chi connectivity index (χ0n) is 11.6. The number of pyridine rings is 1. The van der Waals surface area contributed by atoms with Crippen LogP contribution in [0.15, 0.2) is 24.5 Å². The number of nitrogens with zero attached hydrogens (tertiary/aromatic N) is 4. The number of ether oxygens (including phenoxy) is 1. The molecule has 0 amide bonds. The van der Waals surface area contributed by atoms with Crippen molar-refractivity contribution in [3.63, 3.8) is 0 Å². The van der Waals surface area contributed by atoms with E-state index in [0.717, 1.165) is 5.52 Å². The first kappa shape index (κ1) is 13.7. The van der Waals surface area contributed by atoms with E-state index in [1.54, 1.807) is 12.4 Å². The zero-order valence-corrected chi connectivity index (χ0v) is 11.6. The van der Waals surface area contributed by atoms with Gasteiger partial charge in [-0.05, 0) is 19.1 Å². The quantitative estimate of drug-likeness (QED) is 0.896. The van der Waals surface area contributed by atoms with Gasteiger partial charge in [-0.25, -0.2) is 9.97 Å². The molecule has 1 fully saturated rings. The third-order valence-electron chi connectivity index (χ3n) is 3.72. The largest absolute Gasteiger partial charge is 0.481 e. The number of anilines is 1. The predicted octanol–water partition coefficient (Wildman–Crippen LogP) is 0.951. The molecule has 3 rings (SSSR count). The molecule has 7 heteroatoms. The van der Waals surface area contributed by atoms with Crippen LogP contribution in [0.3, 0.4) is 0 Å². The van der Waals surface area contributed by atoms with Crippen LogP contribution >= 0.6 is 0 Å². The Morgan fingerprint density at radius 3 is 2.95 bits per heavy atom. The highest BCUT2D eigenvalue weighted by atomic mass is 16.5. The minimum atomic E-state index is -0.837. The van der Waals surface area contributed by atoms with Crippen molar-refractivity contribution in [2.75, 3.05) is 24.7 Å². The number of aliphatic carboxylic acids is 1. The summed E-state index contributed by atoms with van der Waals surface area (Å²) in [6, 6.07) is 3.48. The molecule has 1 aliphatic rings. The lowest BCUT2D eigenvalue weighted by Crippen LogP contribution is -2.43. The molecule has 0 aliphatic carbocycles. The molecule has 2 aromatic heterocycles. The van der Waals surface area contributed by atoms with E-state index in [0.29, 0.717) is 24.6 Å². The minimum Gasteiger partial charge on any atom is -0.481 e. The highest BCUT2D eigenvalue weighted by molar-refractivity contribution is 5.74. The molecule has 7 nitrogen and oxygen atoms in total. The number of aromatic nitrogens is 3. The van der Waals surface area contributed by atoms with Crippen molar-refractivity contribution < 1.29 is 14.6 Å². The van der Waals surface area contributed by atoms with Crippen LogP contribution in [-0.4, -0.2) is 51.8 Å². The maximum atomic E-state index is 11.3. The first-order valence-electron chi connectivity index (χ1n) is 6.85. The van der Waals surface area contributed by atoms with Crippen molar-refractivity contribution in [1.29, 1.82) is 0 Å². The smallest absolute Gasteiger partial charge is 0.311 e. The molecule has 2 atom stereocenters. The summed E-state index contributed by atoms with van der Waals surface area (Å²) in [5.74, 6) is -0.673. The van der Waals surface area contributed by atoms with E-state index in [9.17, 15) is 9.90 Å². The summed E-state index contributed by atoms with van der Waals surface area (Å²) in [4.78, 5) is 26.2. The first-order valence-corrected chi connectivity index (χ1v) is 6.85. The number of likely N-dealkylation sites (N-methyl/N-ethyl adjacent to an activating group) is 1. The number of rotatable bonds is 4. The van der Waals surface area contributed by atoms with Crippen LogP contribution in [0.2, 0.25) is 0 Å². The van der Waals surface area contributed by atoms with Gasteiger partial charge in [-0.1, -0.05) is 0 Å². The van der Waals surface area contributed by atoms with Gasteiger partial charge in [0.2, 0.25) is 0 Å². The number of fused-ring (bicyclic) bond motifs is 1. The Balaban J connectivity index is 1.95. The van der Waals surface area contributed by atoms with Gasteiger partial charge in [0.05, 0.1) is 19.3 Å². The van der Waals surface area contributed by atoms with Crippen molar-refractivity contribution >= 4 is 23.0 Å². The highest BCUT2D eigenvalue weighted by Gasteiger charge is 2.38. The van der Waals surface area contributed by atoms with Crippen molar-refractivity contribution in [3.8, 4) is 0 Å². The zero-order chi connectivity index (χ0) is 14.8. The lowest BCUT2D eigenvalue weighted by atomic mass is 10.0. The molecule has 1 aliphatic heterocycles. The van der Waals surface area contributed by atoms with E-state index in [1.165, 1.54) is 0 Å². The van der Waals surface area contributed by atoms with E-state index in [1.807, 2.05) is 24.0 Å². The second-order valence-corrected chi connectivity index (χ2v) is 4.90. The van der Waals surface area contributed by atoms with Crippen molar-refractivity contribution in [2.45, 2.75) is 13.0 Å². The van der Waals surface area contributed by atoms with E-state index < -0.39 is 11.9 Å². The molecule has 0 aromatic carbocycles. The van der Waals surface area contributed by atoms with Crippen LogP contribution < -0.4 is 4.90 Å². The SMILES string of the molecule is CCN(c1ccc2nccnc2n1)C1COCC1C(=O)O. The summed E-state index contributed by atoms with van der Waals surface area (Å²) >= 11 is 0. The van der Waals surface area contributed by atoms with Gasteiger partial charge in [-0.2, -0.15) is 0 Å². The molecule has 2 unspecified atom stereocenters. The number of carboxylic acid groups (broad SMARTS) is 1. The van der Waals surface area contributed by atoms with Crippen molar-refractivity contribution in [3.05, 3.63) is 24.5 Å². The van der Waals surface area contributed by atoms with Gasteiger partial charge in [0.25, 0.3) is 0 Å². The first-order chi connectivity index (χ1) is 10.2. The Labute approximate surface area is 121 Å². The molecule has 0 spiro atoms. The van der Waals surface area contributed by atoms with Gasteiger partial charge in [-0.15, -0.1) is 0 Å². The molecule has 0 bridgehead atoms. The standard InChI is InChI=1S/C14H16N4O3/c1-2-18(11-8-21-7-9(11)14(19)20)12-4-3-10-13(17-12)16-6-5-15-10/h3-6,9,11H,2,7-8H2,1H3,(H,19,20). The Kier molecular flexibility index (Phi) is 3.66. The van der Waals surface area contributed by atoms with Gasteiger partial charge in [0.1, 0.15) is 17.3 Å². The summed E-state index contributed by atoms with van der Waals surface area (Å²) in [6.07, 6.45) is 3.21. The van der Waals surface area contributed by atoms with E-state index in [4.69, 9.17) is 4.74 Å². The second-order valence-electron chi connectivity index (χ2n) is 4.90. The van der Waals surface area contributed by atoms with Crippen LogP contribution in [0.1, 0.15) is 6.92 Å². The summed E-state index contributed by atoms with van der Waals surface area (Å²) in [5.41, 5.74) is 1.27.